The molecule has 0 aliphatic carbocycles. The quantitative estimate of drug-likeness (QED) is 0.417. The highest BCUT2D eigenvalue weighted by Gasteiger charge is 2.39. The molecule has 8 heteroatoms. The predicted octanol–water partition coefficient (Wildman–Crippen LogP) is 1.84. The number of hydrogen-bond donors (Lipinski definition) is 3. The number of carbonyl (C=O) groups is 2. The minimum absolute atomic E-state index is 0.0810. The Balaban J connectivity index is 2.27. The number of rotatable bonds is 10. The number of hydrogen-bond acceptors (Lipinski definition) is 6. The SMILES string of the molecule is CC(C)C[C@H](NC(=O)[C@](C)(CC(=O)c1cnccn1)Cc1ccccc1)B(O)O. The van der Waals surface area contributed by atoms with Gasteiger partial charge in [-0.05, 0) is 31.2 Å². The molecular formula is C21H28BN3O4. The van der Waals surface area contributed by atoms with Crippen LogP contribution in [-0.2, 0) is 11.2 Å². The van der Waals surface area contributed by atoms with Gasteiger partial charge in [0.15, 0.2) is 5.78 Å². The highest BCUT2D eigenvalue weighted by atomic mass is 16.4. The molecule has 0 bridgehead atoms. The smallest absolute Gasteiger partial charge is 0.426 e. The van der Waals surface area contributed by atoms with Crippen molar-refractivity contribution in [3.05, 3.63) is 60.2 Å². The second-order valence-electron chi connectivity index (χ2n) is 8.04. The highest BCUT2D eigenvalue weighted by Crippen LogP contribution is 2.29. The van der Waals surface area contributed by atoms with Crippen LogP contribution in [-0.4, -0.2) is 44.8 Å². The maximum absolute atomic E-state index is 13.2. The van der Waals surface area contributed by atoms with Gasteiger partial charge in [0.2, 0.25) is 5.91 Å². The molecule has 1 aromatic heterocycles. The van der Waals surface area contributed by atoms with Crippen LogP contribution in [0.1, 0.15) is 49.7 Å². The van der Waals surface area contributed by atoms with Crippen LogP contribution in [0.4, 0.5) is 0 Å². The zero-order valence-corrected chi connectivity index (χ0v) is 17.1. The number of benzene rings is 1. The van der Waals surface area contributed by atoms with Crippen molar-refractivity contribution < 1.29 is 19.6 Å². The van der Waals surface area contributed by atoms with E-state index in [9.17, 15) is 19.6 Å². The first-order chi connectivity index (χ1) is 13.7. The Labute approximate surface area is 171 Å². The summed E-state index contributed by atoms with van der Waals surface area (Å²) in [6, 6.07) is 9.41. The number of amides is 1. The van der Waals surface area contributed by atoms with Crippen LogP contribution in [0.5, 0.6) is 0 Å². The van der Waals surface area contributed by atoms with Crippen LogP contribution in [0.2, 0.25) is 0 Å². The molecule has 3 N–H and O–H groups in total. The van der Waals surface area contributed by atoms with Gasteiger partial charge in [-0.15, -0.1) is 0 Å². The number of nitrogens with one attached hydrogen (secondary N) is 1. The van der Waals surface area contributed by atoms with E-state index in [1.165, 1.54) is 18.6 Å². The largest absolute Gasteiger partial charge is 0.475 e. The molecule has 0 aliphatic heterocycles. The summed E-state index contributed by atoms with van der Waals surface area (Å²) in [5.41, 5.74) is 0.00245. The van der Waals surface area contributed by atoms with Crippen LogP contribution in [0.15, 0.2) is 48.9 Å². The van der Waals surface area contributed by atoms with Crippen molar-refractivity contribution >= 4 is 18.8 Å². The molecule has 0 saturated heterocycles. The Morgan fingerprint density at radius 1 is 1.17 bits per heavy atom. The topological polar surface area (TPSA) is 112 Å². The van der Waals surface area contributed by atoms with Crippen LogP contribution >= 0.6 is 0 Å². The van der Waals surface area contributed by atoms with Crippen LogP contribution in [0.3, 0.4) is 0 Å². The van der Waals surface area contributed by atoms with Crippen molar-refractivity contribution in [3.8, 4) is 0 Å². The lowest BCUT2D eigenvalue weighted by atomic mass is 9.72. The van der Waals surface area contributed by atoms with Crippen molar-refractivity contribution in [1.29, 1.82) is 0 Å². The molecule has 0 radical (unpaired) electrons. The van der Waals surface area contributed by atoms with E-state index in [2.05, 4.69) is 15.3 Å². The van der Waals surface area contributed by atoms with Gasteiger partial charge in [-0.1, -0.05) is 44.2 Å². The third-order valence-corrected chi connectivity index (χ3v) is 4.79. The average molecular weight is 397 g/mol. The van der Waals surface area contributed by atoms with Gasteiger partial charge in [-0.3, -0.25) is 14.6 Å². The van der Waals surface area contributed by atoms with Crippen molar-refractivity contribution in [2.75, 3.05) is 0 Å². The lowest BCUT2D eigenvalue weighted by molar-refractivity contribution is -0.130. The molecule has 0 fully saturated rings. The Morgan fingerprint density at radius 2 is 1.86 bits per heavy atom. The Hall–Kier alpha value is -2.58. The normalized spacial score (nSPS) is 14.1. The lowest BCUT2D eigenvalue weighted by Crippen LogP contribution is -2.52. The average Bonchev–Trinajstić information content (AvgIpc) is 2.68. The zero-order valence-electron chi connectivity index (χ0n) is 17.1. The van der Waals surface area contributed by atoms with Gasteiger partial charge in [0, 0.05) is 18.8 Å². The molecule has 29 heavy (non-hydrogen) atoms. The monoisotopic (exact) mass is 397 g/mol. The maximum atomic E-state index is 13.2. The Kier molecular flexibility index (Phi) is 8.05. The van der Waals surface area contributed by atoms with Gasteiger partial charge < -0.3 is 15.4 Å². The second-order valence-corrected chi connectivity index (χ2v) is 8.04. The first-order valence-corrected chi connectivity index (χ1v) is 9.71. The van der Waals surface area contributed by atoms with Gasteiger partial charge in [0.1, 0.15) is 5.69 Å². The molecule has 0 aliphatic rings. The summed E-state index contributed by atoms with van der Waals surface area (Å²) < 4.78 is 0. The summed E-state index contributed by atoms with van der Waals surface area (Å²) in [5, 5.41) is 22.1. The zero-order chi connectivity index (χ0) is 21.4. The van der Waals surface area contributed by atoms with E-state index in [1.54, 1.807) is 6.92 Å². The summed E-state index contributed by atoms with van der Waals surface area (Å²) in [6.45, 7) is 5.57. The predicted molar refractivity (Wildman–Crippen MR) is 111 cm³/mol. The summed E-state index contributed by atoms with van der Waals surface area (Å²) >= 11 is 0. The molecule has 1 heterocycles. The van der Waals surface area contributed by atoms with Crippen molar-refractivity contribution in [1.82, 2.24) is 15.3 Å². The van der Waals surface area contributed by atoms with Crippen molar-refractivity contribution in [2.24, 2.45) is 11.3 Å². The molecule has 1 amide bonds. The fourth-order valence-corrected chi connectivity index (χ4v) is 3.26. The molecule has 2 rings (SSSR count). The van der Waals surface area contributed by atoms with Gasteiger partial charge in [0.25, 0.3) is 0 Å². The van der Waals surface area contributed by atoms with Crippen molar-refractivity contribution in [2.45, 2.75) is 46.0 Å². The van der Waals surface area contributed by atoms with Gasteiger partial charge in [-0.25, -0.2) is 4.98 Å². The maximum Gasteiger partial charge on any atom is 0.475 e. The minimum Gasteiger partial charge on any atom is -0.426 e. The first-order valence-electron chi connectivity index (χ1n) is 9.71. The van der Waals surface area contributed by atoms with Gasteiger partial charge in [0.05, 0.1) is 17.6 Å². The number of nitrogens with zero attached hydrogens (tertiary/aromatic N) is 2. The van der Waals surface area contributed by atoms with E-state index >= 15 is 0 Å². The van der Waals surface area contributed by atoms with Crippen LogP contribution in [0.25, 0.3) is 0 Å². The molecule has 154 valence electrons. The lowest BCUT2D eigenvalue weighted by Gasteiger charge is -2.31. The van der Waals surface area contributed by atoms with Crippen molar-refractivity contribution in [3.63, 3.8) is 0 Å². The third kappa shape index (κ3) is 6.76. The second kappa shape index (κ2) is 10.3. The molecule has 0 saturated carbocycles. The number of ketones is 1. The van der Waals surface area contributed by atoms with E-state index in [1.807, 2.05) is 44.2 Å². The molecule has 1 aromatic carbocycles. The highest BCUT2D eigenvalue weighted by molar-refractivity contribution is 6.43. The standard InChI is InChI=1S/C21H28BN3O4/c1-15(2)11-19(22(28)29)25-20(27)21(3,12-16-7-5-4-6-8-16)13-18(26)17-14-23-9-10-24-17/h4-10,14-15,19,28-29H,11-13H2,1-3H3,(H,25,27)/t19-,21-/m0/s1. The minimum atomic E-state index is -1.68. The summed E-state index contributed by atoms with van der Waals surface area (Å²) in [5.74, 6) is -1.36. The Morgan fingerprint density at radius 3 is 2.41 bits per heavy atom. The summed E-state index contributed by atoms with van der Waals surface area (Å²) in [4.78, 5) is 33.9. The fraction of sp³-hybridized carbons (Fsp3) is 0.429. The van der Waals surface area contributed by atoms with E-state index < -0.39 is 24.4 Å². The third-order valence-electron chi connectivity index (χ3n) is 4.79. The molecule has 2 aromatic rings. The summed E-state index contributed by atoms with van der Waals surface area (Å²) in [6.07, 6.45) is 4.93. The van der Waals surface area contributed by atoms with E-state index in [-0.39, 0.29) is 23.8 Å². The van der Waals surface area contributed by atoms with E-state index in [0.717, 1.165) is 5.56 Å². The van der Waals surface area contributed by atoms with E-state index in [0.29, 0.717) is 12.8 Å². The molecule has 7 nitrogen and oxygen atoms in total. The molecule has 2 atom stereocenters. The van der Waals surface area contributed by atoms with Gasteiger partial charge >= 0.3 is 7.12 Å². The first kappa shape index (κ1) is 22.7. The summed E-state index contributed by atoms with van der Waals surface area (Å²) in [7, 11) is -1.68. The fourth-order valence-electron chi connectivity index (χ4n) is 3.26. The molecule has 0 spiro atoms. The molecule has 0 unspecified atom stereocenters. The van der Waals surface area contributed by atoms with Gasteiger partial charge in [-0.2, -0.15) is 0 Å². The van der Waals surface area contributed by atoms with Crippen LogP contribution < -0.4 is 5.32 Å². The number of Topliss-reactive ketones (excluding diaryl/α,β-unsaturated/α-hetero) is 1. The molecular weight excluding hydrogens is 369 g/mol. The van der Waals surface area contributed by atoms with E-state index in [4.69, 9.17) is 0 Å². The number of carbonyl (C=O) groups excluding carboxylic acids is 2. The van der Waals surface area contributed by atoms with Crippen LogP contribution in [0, 0.1) is 11.3 Å². The Bertz CT molecular complexity index is 802. The number of aromatic nitrogens is 2.